The van der Waals surface area contributed by atoms with Gasteiger partial charge < -0.3 is 19.7 Å². The Morgan fingerprint density at radius 1 is 1.11 bits per heavy atom. The van der Waals surface area contributed by atoms with Crippen LogP contribution >= 0.6 is 0 Å². The molecular formula is C22H25N3O3. The highest BCUT2D eigenvalue weighted by Gasteiger charge is 2.07. The lowest BCUT2D eigenvalue weighted by Gasteiger charge is -2.10. The largest absolute Gasteiger partial charge is 0.508 e. The first-order chi connectivity index (χ1) is 13.5. The van der Waals surface area contributed by atoms with E-state index in [9.17, 15) is 9.90 Å². The highest BCUT2D eigenvalue weighted by molar-refractivity contribution is 5.67. The van der Waals surface area contributed by atoms with Crippen LogP contribution in [0.3, 0.4) is 0 Å². The topological polar surface area (TPSA) is 76.4 Å². The van der Waals surface area contributed by atoms with Crippen molar-refractivity contribution in [2.45, 2.75) is 33.2 Å². The average Bonchev–Trinajstić information content (AvgIpc) is 3.02. The normalized spacial score (nSPS) is 10.6. The van der Waals surface area contributed by atoms with E-state index in [0.29, 0.717) is 19.6 Å². The van der Waals surface area contributed by atoms with E-state index in [2.05, 4.69) is 35.9 Å². The number of carbonyl (C=O) groups is 1. The molecule has 0 unspecified atom stereocenters. The second-order valence-electron chi connectivity index (χ2n) is 6.70. The molecule has 2 N–H and O–H groups in total. The maximum Gasteiger partial charge on any atom is 0.407 e. The molecule has 0 saturated heterocycles. The minimum absolute atomic E-state index is 0.174. The number of rotatable bonds is 7. The van der Waals surface area contributed by atoms with Crippen molar-refractivity contribution in [1.82, 2.24) is 14.9 Å². The molecule has 1 amide bonds. The Morgan fingerprint density at radius 3 is 2.61 bits per heavy atom. The molecule has 0 spiro atoms. The second-order valence-corrected chi connectivity index (χ2v) is 6.70. The van der Waals surface area contributed by atoms with Crippen molar-refractivity contribution in [2.75, 3.05) is 6.61 Å². The number of amides is 1. The van der Waals surface area contributed by atoms with Gasteiger partial charge in [0.1, 0.15) is 11.6 Å². The Labute approximate surface area is 164 Å². The molecule has 0 aliphatic carbocycles. The van der Waals surface area contributed by atoms with E-state index >= 15 is 0 Å². The maximum absolute atomic E-state index is 11.8. The van der Waals surface area contributed by atoms with E-state index in [0.717, 1.165) is 34.9 Å². The molecule has 0 aliphatic rings. The van der Waals surface area contributed by atoms with Crippen molar-refractivity contribution in [3.05, 3.63) is 77.2 Å². The number of phenols is 1. The number of aryl methyl sites for hydroxylation is 3. The van der Waals surface area contributed by atoms with Crippen LogP contribution in [-0.4, -0.2) is 27.4 Å². The number of alkyl carbamates (subject to hydrolysis) is 1. The van der Waals surface area contributed by atoms with Crippen LogP contribution in [0, 0.1) is 13.8 Å². The quantitative estimate of drug-likeness (QED) is 0.607. The van der Waals surface area contributed by atoms with Crippen molar-refractivity contribution in [1.29, 1.82) is 0 Å². The molecule has 146 valence electrons. The van der Waals surface area contributed by atoms with Gasteiger partial charge in [-0.25, -0.2) is 9.78 Å². The van der Waals surface area contributed by atoms with Gasteiger partial charge in [-0.1, -0.05) is 18.2 Å². The molecule has 2 heterocycles. The van der Waals surface area contributed by atoms with E-state index in [1.807, 2.05) is 24.3 Å². The molecule has 28 heavy (non-hydrogen) atoms. The number of aromatic hydroxyl groups is 1. The first kappa shape index (κ1) is 19.5. The number of nitrogens with zero attached hydrogens (tertiary/aromatic N) is 2. The molecule has 3 rings (SSSR count). The van der Waals surface area contributed by atoms with Crippen molar-refractivity contribution in [3.63, 3.8) is 0 Å². The van der Waals surface area contributed by atoms with Gasteiger partial charge in [0.05, 0.1) is 6.61 Å². The summed E-state index contributed by atoms with van der Waals surface area (Å²) in [6.07, 6.45) is 0.954. The second kappa shape index (κ2) is 9.08. The van der Waals surface area contributed by atoms with E-state index in [1.54, 1.807) is 18.2 Å². The van der Waals surface area contributed by atoms with Crippen LogP contribution in [0.25, 0.3) is 5.82 Å². The summed E-state index contributed by atoms with van der Waals surface area (Å²) in [6, 6.07) is 16.9. The molecule has 3 aromatic rings. The molecule has 6 heteroatoms. The lowest BCUT2D eigenvalue weighted by molar-refractivity contribution is 0.144. The summed E-state index contributed by atoms with van der Waals surface area (Å²) in [5.74, 6) is 1.08. The monoisotopic (exact) mass is 379 g/mol. The van der Waals surface area contributed by atoms with E-state index < -0.39 is 6.09 Å². The van der Waals surface area contributed by atoms with Gasteiger partial charge in [-0.15, -0.1) is 0 Å². The lowest BCUT2D eigenvalue weighted by atomic mass is 10.2. The number of hydrogen-bond acceptors (Lipinski definition) is 4. The smallest absolute Gasteiger partial charge is 0.407 e. The number of aromatic nitrogens is 2. The summed E-state index contributed by atoms with van der Waals surface area (Å²) in [5.41, 5.74) is 4.07. The molecule has 0 aliphatic heterocycles. The minimum atomic E-state index is -0.469. The Bertz CT molecular complexity index is 930. The summed E-state index contributed by atoms with van der Waals surface area (Å²) < 4.78 is 7.33. The highest BCUT2D eigenvalue weighted by Crippen LogP contribution is 2.15. The van der Waals surface area contributed by atoms with Crippen LogP contribution in [0.2, 0.25) is 0 Å². The molecule has 2 aromatic heterocycles. The summed E-state index contributed by atoms with van der Waals surface area (Å²) >= 11 is 0. The van der Waals surface area contributed by atoms with Crippen LogP contribution in [0.1, 0.15) is 29.1 Å². The van der Waals surface area contributed by atoms with E-state index in [4.69, 9.17) is 9.72 Å². The van der Waals surface area contributed by atoms with E-state index in [1.165, 1.54) is 0 Å². The van der Waals surface area contributed by atoms with Gasteiger partial charge in [-0.2, -0.15) is 0 Å². The van der Waals surface area contributed by atoms with Gasteiger partial charge in [-0.05, 0) is 68.7 Å². The predicted octanol–water partition coefficient (Wildman–Crippen LogP) is 4.05. The number of benzene rings is 1. The van der Waals surface area contributed by atoms with Crippen LogP contribution in [-0.2, 0) is 17.7 Å². The third-order valence-corrected chi connectivity index (χ3v) is 4.45. The fourth-order valence-corrected chi connectivity index (χ4v) is 3.07. The molecule has 1 aromatic carbocycles. The summed E-state index contributed by atoms with van der Waals surface area (Å²) in [4.78, 5) is 16.5. The van der Waals surface area contributed by atoms with Crippen molar-refractivity contribution in [3.8, 4) is 11.6 Å². The van der Waals surface area contributed by atoms with Gasteiger partial charge in [0, 0.05) is 23.6 Å². The van der Waals surface area contributed by atoms with E-state index in [-0.39, 0.29) is 5.75 Å². The molecular weight excluding hydrogens is 354 g/mol. The number of carbonyl (C=O) groups excluding carboxylic acids is 1. The standard InChI is InChI=1S/C22H25N3O3/c1-16-11-12-17(2)25(16)21-10-4-7-19(24-21)8-5-13-28-22(27)23-15-18-6-3-9-20(26)14-18/h3-4,6-7,9-12,14,26H,5,8,13,15H2,1-2H3,(H,23,27). The molecule has 0 bridgehead atoms. The Balaban J connectivity index is 1.44. The predicted molar refractivity (Wildman–Crippen MR) is 108 cm³/mol. The van der Waals surface area contributed by atoms with Gasteiger partial charge in [0.15, 0.2) is 0 Å². The first-order valence-corrected chi connectivity index (χ1v) is 9.33. The fourth-order valence-electron chi connectivity index (χ4n) is 3.07. The zero-order chi connectivity index (χ0) is 19.9. The number of nitrogens with one attached hydrogen (secondary N) is 1. The lowest BCUT2D eigenvalue weighted by Crippen LogP contribution is -2.24. The molecule has 0 fully saturated rings. The van der Waals surface area contributed by atoms with Crippen LogP contribution < -0.4 is 5.32 Å². The third-order valence-electron chi connectivity index (χ3n) is 4.45. The van der Waals surface area contributed by atoms with Gasteiger partial charge in [-0.3, -0.25) is 0 Å². The zero-order valence-electron chi connectivity index (χ0n) is 16.2. The van der Waals surface area contributed by atoms with Gasteiger partial charge >= 0.3 is 6.09 Å². The maximum atomic E-state index is 11.8. The van der Waals surface area contributed by atoms with Crippen LogP contribution in [0.4, 0.5) is 4.79 Å². The highest BCUT2D eigenvalue weighted by atomic mass is 16.5. The minimum Gasteiger partial charge on any atom is -0.508 e. The number of phenolic OH excluding ortho intramolecular Hbond substituents is 1. The first-order valence-electron chi connectivity index (χ1n) is 9.33. The summed E-state index contributed by atoms with van der Waals surface area (Å²) in [7, 11) is 0. The van der Waals surface area contributed by atoms with Gasteiger partial charge in [0.2, 0.25) is 0 Å². The Morgan fingerprint density at radius 2 is 1.86 bits per heavy atom. The van der Waals surface area contributed by atoms with Gasteiger partial charge in [0.25, 0.3) is 0 Å². The number of ether oxygens (including phenoxy) is 1. The van der Waals surface area contributed by atoms with Crippen LogP contribution in [0.15, 0.2) is 54.6 Å². The molecule has 0 atom stereocenters. The van der Waals surface area contributed by atoms with Crippen molar-refractivity contribution < 1.29 is 14.6 Å². The third kappa shape index (κ3) is 5.13. The van der Waals surface area contributed by atoms with Crippen LogP contribution in [0.5, 0.6) is 5.75 Å². The Hall–Kier alpha value is -3.28. The Kier molecular flexibility index (Phi) is 6.32. The summed E-state index contributed by atoms with van der Waals surface area (Å²) in [6.45, 7) is 4.75. The molecule has 6 nitrogen and oxygen atoms in total. The van der Waals surface area contributed by atoms with Crippen molar-refractivity contribution >= 4 is 6.09 Å². The SMILES string of the molecule is Cc1ccc(C)n1-c1cccc(CCCOC(=O)NCc2cccc(O)c2)n1. The number of hydrogen-bond donors (Lipinski definition) is 2. The molecule has 0 saturated carbocycles. The van der Waals surface area contributed by atoms with Crippen molar-refractivity contribution in [2.24, 2.45) is 0 Å². The molecule has 0 radical (unpaired) electrons. The average molecular weight is 379 g/mol. The number of pyridine rings is 1. The zero-order valence-corrected chi connectivity index (χ0v) is 16.2. The fraction of sp³-hybridized carbons (Fsp3) is 0.273. The summed E-state index contributed by atoms with van der Waals surface area (Å²) in [5, 5.41) is 12.1.